The molecule has 1 aromatic carbocycles. The molecular formula is C18H30N2O. The van der Waals surface area contributed by atoms with Gasteiger partial charge in [-0.1, -0.05) is 26.0 Å². The lowest BCUT2D eigenvalue weighted by molar-refractivity contribution is 0.186. The SMILES string of the molecule is CCOc1cccc(CNCC(C(C)C)N2CCCC2)c1. The van der Waals surface area contributed by atoms with E-state index in [4.69, 9.17) is 4.74 Å². The molecule has 1 unspecified atom stereocenters. The topological polar surface area (TPSA) is 24.5 Å². The third-order valence-corrected chi connectivity index (χ3v) is 4.27. The number of nitrogens with zero attached hydrogens (tertiary/aromatic N) is 1. The quantitative estimate of drug-likeness (QED) is 0.795. The number of likely N-dealkylation sites (tertiary alicyclic amines) is 1. The Morgan fingerprint density at radius 2 is 2.00 bits per heavy atom. The molecule has 2 rings (SSSR count). The maximum absolute atomic E-state index is 5.56. The van der Waals surface area contributed by atoms with Crippen LogP contribution < -0.4 is 10.1 Å². The third-order valence-electron chi connectivity index (χ3n) is 4.27. The molecule has 1 aliphatic rings. The lowest BCUT2D eigenvalue weighted by atomic mass is 10.0. The minimum atomic E-state index is 0.655. The molecule has 21 heavy (non-hydrogen) atoms. The molecule has 0 saturated carbocycles. The largest absolute Gasteiger partial charge is 0.494 e. The van der Waals surface area contributed by atoms with Gasteiger partial charge in [-0.3, -0.25) is 4.90 Å². The molecule has 1 heterocycles. The molecule has 1 aliphatic heterocycles. The predicted octanol–water partition coefficient (Wildman–Crippen LogP) is 3.30. The van der Waals surface area contributed by atoms with Crippen LogP contribution in [0, 0.1) is 5.92 Å². The van der Waals surface area contributed by atoms with Gasteiger partial charge in [0.25, 0.3) is 0 Å². The van der Waals surface area contributed by atoms with Crippen molar-refractivity contribution in [1.29, 1.82) is 0 Å². The first kappa shape index (κ1) is 16.3. The average molecular weight is 290 g/mol. The lowest BCUT2D eigenvalue weighted by Gasteiger charge is -2.31. The van der Waals surface area contributed by atoms with E-state index in [1.165, 1.54) is 31.5 Å². The van der Waals surface area contributed by atoms with E-state index >= 15 is 0 Å². The van der Waals surface area contributed by atoms with E-state index in [2.05, 4.69) is 42.3 Å². The number of benzene rings is 1. The number of hydrogen-bond acceptors (Lipinski definition) is 3. The molecule has 3 heteroatoms. The van der Waals surface area contributed by atoms with Crippen LogP contribution in [0.4, 0.5) is 0 Å². The Kier molecular flexibility index (Phi) is 6.52. The van der Waals surface area contributed by atoms with Gasteiger partial charge >= 0.3 is 0 Å². The molecule has 1 aromatic rings. The predicted molar refractivity (Wildman–Crippen MR) is 88.8 cm³/mol. The van der Waals surface area contributed by atoms with Crippen LogP contribution in [0.25, 0.3) is 0 Å². The highest BCUT2D eigenvalue weighted by Gasteiger charge is 2.23. The van der Waals surface area contributed by atoms with E-state index in [9.17, 15) is 0 Å². The molecule has 1 saturated heterocycles. The Hall–Kier alpha value is -1.06. The van der Waals surface area contributed by atoms with Crippen molar-refractivity contribution in [3.05, 3.63) is 29.8 Å². The zero-order chi connectivity index (χ0) is 15.1. The van der Waals surface area contributed by atoms with Crippen LogP contribution in [0.15, 0.2) is 24.3 Å². The molecule has 1 atom stereocenters. The molecule has 118 valence electrons. The molecule has 0 aliphatic carbocycles. The summed E-state index contributed by atoms with van der Waals surface area (Å²) in [5.41, 5.74) is 1.30. The van der Waals surface area contributed by atoms with Gasteiger partial charge in [-0.05, 0) is 56.5 Å². The van der Waals surface area contributed by atoms with E-state index in [-0.39, 0.29) is 0 Å². The minimum Gasteiger partial charge on any atom is -0.494 e. The summed E-state index contributed by atoms with van der Waals surface area (Å²) >= 11 is 0. The van der Waals surface area contributed by atoms with Crippen LogP contribution >= 0.6 is 0 Å². The number of hydrogen-bond donors (Lipinski definition) is 1. The molecule has 1 fully saturated rings. The minimum absolute atomic E-state index is 0.655. The summed E-state index contributed by atoms with van der Waals surface area (Å²) in [6.45, 7) is 11.9. The van der Waals surface area contributed by atoms with Gasteiger partial charge in [0.05, 0.1) is 6.61 Å². The summed E-state index contributed by atoms with van der Waals surface area (Å²) in [6, 6.07) is 9.05. The summed E-state index contributed by atoms with van der Waals surface area (Å²) in [4.78, 5) is 2.65. The van der Waals surface area contributed by atoms with Crippen molar-refractivity contribution in [1.82, 2.24) is 10.2 Å². The van der Waals surface area contributed by atoms with Crippen molar-refractivity contribution in [2.45, 2.75) is 46.2 Å². The van der Waals surface area contributed by atoms with Crippen LogP contribution in [0.1, 0.15) is 39.2 Å². The fraction of sp³-hybridized carbons (Fsp3) is 0.667. The standard InChI is InChI=1S/C18H30N2O/c1-4-21-17-9-7-8-16(12-17)13-19-14-18(15(2)3)20-10-5-6-11-20/h7-9,12,15,18-19H,4-6,10-11,13-14H2,1-3H3. The van der Waals surface area contributed by atoms with Crippen LogP contribution in [0.3, 0.4) is 0 Å². The monoisotopic (exact) mass is 290 g/mol. The van der Waals surface area contributed by atoms with E-state index in [1.54, 1.807) is 0 Å². The zero-order valence-electron chi connectivity index (χ0n) is 13.8. The van der Waals surface area contributed by atoms with Gasteiger partial charge in [-0.15, -0.1) is 0 Å². The Bertz CT molecular complexity index is 413. The second kappa shape index (κ2) is 8.40. The lowest BCUT2D eigenvalue weighted by Crippen LogP contribution is -2.44. The Labute approximate surface area is 129 Å². The first-order chi connectivity index (χ1) is 10.2. The summed E-state index contributed by atoms with van der Waals surface area (Å²) in [7, 11) is 0. The third kappa shape index (κ3) is 5.01. The van der Waals surface area contributed by atoms with E-state index in [0.29, 0.717) is 12.0 Å². The summed E-state index contributed by atoms with van der Waals surface area (Å²) < 4.78 is 5.56. The summed E-state index contributed by atoms with van der Waals surface area (Å²) in [6.07, 6.45) is 2.72. The van der Waals surface area contributed by atoms with E-state index < -0.39 is 0 Å². The molecule has 0 radical (unpaired) electrons. The molecule has 1 N–H and O–H groups in total. The second-order valence-corrected chi connectivity index (χ2v) is 6.27. The highest BCUT2D eigenvalue weighted by Crippen LogP contribution is 2.17. The normalized spacial score (nSPS) is 17.3. The molecule has 3 nitrogen and oxygen atoms in total. The van der Waals surface area contributed by atoms with Gasteiger partial charge in [0.1, 0.15) is 5.75 Å². The van der Waals surface area contributed by atoms with Gasteiger partial charge in [-0.25, -0.2) is 0 Å². The average Bonchev–Trinajstić information content (AvgIpc) is 2.98. The van der Waals surface area contributed by atoms with Gasteiger partial charge < -0.3 is 10.1 Å². The summed E-state index contributed by atoms with van der Waals surface area (Å²) in [5, 5.41) is 3.63. The fourth-order valence-electron chi connectivity index (χ4n) is 3.14. The van der Waals surface area contributed by atoms with Gasteiger partial charge in [0.2, 0.25) is 0 Å². The van der Waals surface area contributed by atoms with Crippen molar-refractivity contribution in [2.75, 3.05) is 26.2 Å². The van der Waals surface area contributed by atoms with Crippen LogP contribution in [-0.4, -0.2) is 37.2 Å². The molecule has 0 aromatic heterocycles. The van der Waals surface area contributed by atoms with Crippen molar-refractivity contribution in [2.24, 2.45) is 5.92 Å². The van der Waals surface area contributed by atoms with Gasteiger partial charge in [-0.2, -0.15) is 0 Å². The van der Waals surface area contributed by atoms with E-state index in [0.717, 1.165) is 25.4 Å². The fourth-order valence-corrected chi connectivity index (χ4v) is 3.14. The van der Waals surface area contributed by atoms with Crippen molar-refractivity contribution < 1.29 is 4.74 Å². The Morgan fingerprint density at radius 1 is 1.24 bits per heavy atom. The zero-order valence-corrected chi connectivity index (χ0v) is 13.8. The highest BCUT2D eigenvalue weighted by molar-refractivity contribution is 5.28. The van der Waals surface area contributed by atoms with Crippen molar-refractivity contribution in [3.63, 3.8) is 0 Å². The highest BCUT2D eigenvalue weighted by atomic mass is 16.5. The van der Waals surface area contributed by atoms with Gasteiger partial charge in [0.15, 0.2) is 0 Å². The maximum atomic E-state index is 5.56. The van der Waals surface area contributed by atoms with Crippen LogP contribution in [0.2, 0.25) is 0 Å². The van der Waals surface area contributed by atoms with Crippen LogP contribution in [0.5, 0.6) is 5.75 Å². The van der Waals surface area contributed by atoms with Crippen molar-refractivity contribution >= 4 is 0 Å². The first-order valence-electron chi connectivity index (χ1n) is 8.37. The summed E-state index contributed by atoms with van der Waals surface area (Å²) in [5.74, 6) is 1.67. The van der Waals surface area contributed by atoms with E-state index in [1.807, 2.05) is 13.0 Å². The second-order valence-electron chi connectivity index (χ2n) is 6.27. The van der Waals surface area contributed by atoms with Gasteiger partial charge in [0, 0.05) is 19.1 Å². The van der Waals surface area contributed by atoms with Crippen LogP contribution in [-0.2, 0) is 6.54 Å². The molecule has 0 spiro atoms. The number of ether oxygens (including phenoxy) is 1. The maximum Gasteiger partial charge on any atom is 0.119 e. The first-order valence-corrected chi connectivity index (χ1v) is 8.37. The molecular weight excluding hydrogens is 260 g/mol. The Morgan fingerprint density at radius 3 is 2.67 bits per heavy atom. The number of rotatable bonds is 8. The molecule has 0 amide bonds. The molecule has 0 bridgehead atoms. The smallest absolute Gasteiger partial charge is 0.119 e. The number of nitrogens with one attached hydrogen (secondary N) is 1. The Balaban J connectivity index is 1.82. The van der Waals surface area contributed by atoms with Crippen molar-refractivity contribution in [3.8, 4) is 5.75 Å².